The minimum Gasteiger partial charge on any atom is -0.482 e. The first-order valence-electron chi connectivity index (χ1n) is 7.81. The van der Waals surface area contributed by atoms with Gasteiger partial charge in [-0.25, -0.2) is 0 Å². The monoisotopic (exact) mass is 252 g/mol. The molecule has 1 heteroatoms. The Morgan fingerprint density at radius 1 is 0.895 bits per heavy atom. The zero-order valence-corrected chi connectivity index (χ0v) is 11.2. The van der Waals surface area contributed by atoms with E-state index in [9.17, 15) is 0 Å². The average molecular weight is 252 g/mol. The van der Waals surface area contributed by atoms with Crippen LogP contribution in [0.2, 0.25) is 0 Å². The van der Waals surface area contributed by atoms with Gasteiger partial charge in [0.1, 0.15) is 11.4 Å². The molecule has 5 aliphatic rings. The summed E-state index contributed by atoms with van der Waals surface area (Å²) in [5, 5.41) is 0. The minimum absolute atomic E-state index is 0.0434. The number of hydrogen-bond donors (Lipinski definition) is 0. The molecule has 6 rings (SSSR count). The van der Waals surface area contributed by atoms with Gasteiger partial charge in [0, 0.05) is 17.4 Å². The molecule has 1 aromatic carbocycles. The second-order valence-electron chi connectivity index (χ2n) is 7.13. The molecule has 0 radical (unpaired) electrons. The lowest BCUT2D eigenvalue weighted by atomic mass is 9.49. The predicted molar refractivity (Wildman–Crippen MR) is 75.9 cm³/mol. The number of para-hydroxylation sites is 1. The Labute approximate surface area is 114 Å². The molecule has 0 amide bonds. The van der Waals surface area contributed by atoms with Crippen LogP contribution in [0.15, 0.2) is 30.3 Å². The minimum atomic E-state index is 0.0434. The van der Waals surface area contributed by atoms with Gasteiger partial charge in [0.15, 0.2) is 0 Å². The summed E-state index contributed by atoms with van der Waals surface area (Å²) in [4.78, 5) is 0. The van der Waals surface area contributed by atoms with Crippen molar-refractivity contribution < 1.29 is 4.74 Å². The van der Waals surface area contributed by atoms with Crippen molar-refractivity contribution in [2.75, 3.05) is 0 Å². The molecule has 4 fully saturated rings. The van der Waals surface area contributed by atoms with E-state index in [1.54, 1.807) is 0 Å². The van der Waals surface area contributed by atoms with Gasteiger partial charge < -0.3 is 4.74 Å². The first kappa shape index (κ1) is 10.5. The van der Waals surface area contributed by atoms with Gasteiger partial charge in [0.25, 0.3) is 0 Å². The number of rotatable bonds is 0. The molecular formula is C18H20O. The molecular weight excluding hydrogens is 232 g/mol. The summed E-state index contributed by atoms with van der Waals surface area (Å²) in [6.45, 7) is 0. The van der Waals surface area contributed by atoms with Gasteiger partial charge >= 0.3 is 0 Å². The maximum atomic E-state index is 6.61. The molecule has 0 aromatic heterocycles. The largest absolute Gasteiger partial charge is 0.482 e. The molecule has 1 aromatic rings. The van der Waals surface area contributed by atoms with E-state index in [0.29, 0.717) is 0 Å². The van der Waals surface area contributed by atoms with Crippen molar-refractivity contribution in [3.05, 3.63) is 35.9 Å². The third-order valence-corrected chi connectivity index (χ3v) is 6.14. The first-order chi connectivity index (χ1) is 9.33. The molecule has 1 heterocycles. The molecule has 4 saturated carbocycles. The van der Waals surface area contributed by atoms with Crippen molar-refractivity contribution in [3.63, 3.8) is 0 Å². The first-order valence-corrected chi connectivity index (χ1v) is 7.81. The highest BCUT2D eigenvalue weighted by atomic mass is 16.5. The van der Waals surface area contributed by atoms with Gasteiger partial charge in [-0.3, -0.25) is 0 Å². The van der Waals surface area contributed by atoms with E-state index in [-0.39, 0.29) is 5.60 Å². The Balaban J connectivity index is 1.60. The summed E-state index contributed by atoms with van der Waals surface area (Å²) in [7, 11) is 0. The van der Waals surface area contributed by atoms with Crippen molar-refractivity contribution in [2.45, 2.75) is 37.7 Å². The quantitative estimate of drug-likeness (QED) is 0.669. The zero-order valence-electron chi connectivity index (χ0n) is 11.2. The van der Waals surface area contributed by atoms with Crippen LogP contribution in [0.25, 0.3) is 6.08 Å². The molecule has 0 saturated heterocycles. The van der Waals surface area contributed by atoms with E-state index < -0.39 is 0 Å². The van der Waals surface area contributed by atoms with Gasteiger partial charge in [-0.2, -0.15) is 0 Å². The fourth-order valence-electron chi connectivity index (χ4n) is 5.52. The van der Waals surface area contributed by atoms with Crippen LogP contribution in [0.1, 0.15) is 37.7 Å². The topological polar surface area (TPSA) is 9.23 Å². The standard InChI is InChI=1S/C18H20O/c1-2-4-17-14(3-1)5-6-18(19-17)15-8-12-7-13(10-15)11-16(18)9-12/h1-6,12-13,15-16H,7-11H2. The van der Waals surface area contributed by atoms with Crippen LogP contribution in [-0.4, -0.2) is 5.60 Å². The summed E-state index contributed by atoms with van der Waals surface area (Å²) < 4.78 is 6.61. The Hall–Kier alpha value is -1.24. The highest BCUT2D eigenvalue weighted by Crippen LogP contribution is 2.60. The third-order valence-electron chi connectivity index (χ3n) is 6.14. The lowest BCUT2D eigenvalue weighted by Crippen LogP contribution is -2.60. The molecule has 0 unspecified atom stereocenters. The van der Waals surface area contributed by atoms with Crippen molar-refractivity contribution in [2.24, 2.45) is 23.7 Å². The smallest absolute Gasteiger partial charge is 0.133 e. The second kappa shape index (κ2) is 3.45. The Morgan fingerprint density at radius 3 is 2.32 bits per heavy atom. The molecule has 19 heavy (non-hydrogen) atoms. The normalized spacial score (nSPS) is 45.3. The van der Waals surface area contributed by atoms with Gasteiger partial charge in [-0.1, -0.05) is 24.3 Å². The summed E-state index contributed by atoms with van der Waals surface area (Å²) >= 11 is 0. The number of hydrogen-bond acceptors (Lipinski definition) is 1. The van der Waals surface area contributed by atoms with Crippen molar-refractivity contribution in [1.82, 2.24) is 0 Å². The van der Waals surface area contributed by atoms with Crippen LogP contribution < -0.4 is 4.74 Å². The zero-order chi connectivity index (χ0) is 12.4. The SMILES string of the molecule is C1=CC2(Oc3ccccc31)C1CC3CC(C1)CC2C3. The fraction of sp³-hybridized carbons (Fsp3) is 0.556. The Kier molecular flexibility index (Phi) is 1.91. The van der Waals surface area contributed by atoms with E-state index in [1.165, 1.54) is 37.7 Å². The Bertz CT molecular complexity index is 529. The lowest BCUT2D eigenvalue weighted by Gasteiger charge is -2.60. The van der Waals surface area contributed by atoms with Crippen LogP contribution in [0, 0.1) is 23.7 Å². The van der Waals surface area contributed by atoms with Crippen molar-refractivity contribution in [1.29, 1.82) is 0 Å². The summed E-state index contributed by atoms with van der Waals surface area (Å²) in [6, 6.07) is 8.50. The molecule has 4 aliphatic carbocycles. The van der Waals surface area contributed by atoms with Gasteiger partial charge in [0.2, 0.25) is 0 Å². The Morgan fingerprint density at radius 2 is 1.58 bits per heavy atom. The van der Waals surface area contributed by atoms with Crippen LogP contribution in [0.3, 0.4) is 0 Å². The summed E-state index contributed by atoms with van der Waals surface area (Å²) in [5.74, 6) is 4.66. The van der Waals surface area contributed by atoms with Gasteiger partial charge in [-0.15, -0.1) is 0 Å². The molecule has 98 valence electrons. The maximum absolute atomic E-state index is 6.61. The third kappa shape index (κ3) is 1.31. The van der Waals surface area contributed by atoms with Crippen LogP contribution in [0.4, 0.5) is 0 Å². The highest BCUT2D eigenvalue weighted by Gasteiger charge is 2.58. The molecule has 0 N–H and O–H groups in total. The van der Waals surface area contributed by atoms with E-state index in [1.807, 2.05) is 0 Å². The van der Waals surface area contributed by atoms with E-state index in [2.05, 4.69) is 36.4 Å². The average Bonchev–Trinajstić information content (AvgIpc) is 2.44. The van der Waals surface area contributed by atoms with Crippen LogP contribution in [-0.2, 0) is 0 Å². The van der Waals surface area contributed by atoms with Crippen molar-refractivity contribution in [3.8, 4) is 5.75 Å². The summed E-state index contributed by atoms with van der Waals surface area (Å²) in [5.41, 5.74) is 1.30. The van der Waals surface area contributed by atoms with E-state index in [0.717, 1.165) is 29.4 Å². The highest BCUT2D eigenvalue weighted by molar-refractivity contribution is 5.61. The van der Waals surface area contributed by atoms with Crippen molar-refractivity contribution >= 4 is 6.08 Å². The van der Waals surface area contributed by atoms with Crippen LogP contribution >= 0.6 is 0 Å². The fourth-order valence-corrected chi connectivity index (χ4v) is 5.52. The molecule has 4 bridgehead atoms. The van der Waals surface area contributed by atoms with Gasteiger partial charge in [0.05, 0.1) is 0 Å². The van der Waals surface area contributed by atoms with E-state index >= 15 is 0 Å². The predicted octanol–water partition coefficient (Wildman–Crippen LogP) is 4.29. The van der Waals surface area contributed by atoms with Crippen LogP contribution in [0.5, 0.6) is 5.75 Å². The lowest BCUT2D eigenvalue weighted by molar-refractivity contribution is -0.128. The summed E-state index contributed by atoms with van der Waals surface area (Å²) in [6.07, 6.45) is 11.9. The second-order valence-corrected chi connectivity index (χ2v) is 7.13. The molecule has 1 nitrogen and oxygen atoms in total. The maximum Gasteiger partial charge on any atom is 0.133 e. The number of benzene rings is 1. The molecule has 0 atom stereocenters. The molecule has 1 aliphatic heterocycles. The molecule has 1 spiro atoms. The van der Waals surface area contributed by atoms with Gasteiger partial charge in [-0.05, 0) is 56.1 Å². The number of ether oxygens (including phenoxy) is 1. The number of fused-ring (bicyclic) bond motifs is 1. The van der Waals surface area contributed by atoms with E-state index in [4.69, 9.17) is 4.74 Å².